The Hall–Kier alpha value is -0.790. The summed E-state index contributed by atoms with van der Waals surface area (Å²) in [6.45, 7) is 11.1. The largest absolute Gasteiger partial charge is 0.272 e. The average Bonchev–Trinajstić information content (AvgIpc) is 2.45. The van der Waals surface area contributed by atoms with E-state index in [4.69, 9.17) is 0 Å². The fraction of sp³-hybridized carbons (Fsp3) is 0.750. The van der Waals surface area contributed by atoms with E-state index in [0.29, 0.717) is 5.92 Å². The Labute approximate surface area is 87.3 Å². The SMILES string of the molecule is CCC(C)c1cc(C(C)(C)C)n(C)n1. The van der Waals surface area contributed by atoms with Crippen molar-refractivity contribution in [3.05, 3.63) is 17.5 Å². The Bertz CT molecular complexity index is 305. The molecule has 0 aliphatic carbocycles. The fourth-order valence-corrected chi connectivity index (χ4v) is 1.64. The van der Waals surface area contributed by atoms with Crippen LogP contribution in [0, 0.1) is 0 Å². The average molecular weight is 194 g/mol. The molecule has 2 heteroatoms. The van der Waals surface area contributed by atoms with Crippen molar-refractivity contribution in [2.45, 2.75) is 52.4 Å². The van der Waals surface area contributed by atoms with Gasteiger partial charge >= 0.3 is 0 Å². The monoisotopic (exact) mass is 194 g/mol. The van der Waals surface area contributed by atoms with Gasteiger partial charge in [-0.3, -0.25) is 4.68 Å². The Balaban J connectivity index is 3.05. The molecule has 80 valence electrons. The number of aryl methyl sites for hydroxylation is 1. The lowest BCUT2D eigenvalue weighted by Crippen LogP contribution is -2.16. The first-order valence-corrected chi connectivity index (χ1v) is 5.40. The van der Waals surface area contributed by atoms with Gasteiger partial charge in [-0.2, -0.15) is 5.10 Å². The van der Waals surface area contributed by atoms with Crippen LogP contribution in [-0.4, -0.2) is 9.78 Å². The van der Waals surface area contributed by atoms with E-state index in [1.54, 1.807) is 0 Å². The molecule has 0 fully saturated rings. The maximum absolute atomic E-state index is 4.56. The predicted molar refractivity (Wildman–Crippen MR) is 60.6 cm³/mol. The fourth-order valence-electron chi connectivity index (χ4n) is 1.64. The van der Waals surface area contributed by atoms with Gasteiger partial charge in [0.15, 0.2) is 0 Å². The van der Waals surface area contributed by atoms with E-state index in [9.17, 15) is 0 Å². The summed E-state index contributed by atoms with van der Waals surface area (Å²) < 4.78 is 2.02. The van der Waals surface area contributed by atoms with Crippen LogP contribution in [0.2, 0.25) is 0 Å². The molecule has 0 aromatic carbocycles. The Morgan fingerprint density at radius 2 is 2.00 bits per heavy atom. The number of rotatable bonds is 2. The molecule has 0 spiro atoms. The summed E-state index contributed by atoms with van der Waals surface area (Å²) in [5.74, 6) is 0.567. The first-order valence-electron chi connectivity index (χ1n) is 5.40. The van der Waals surface area contributed by atoms with Gasteiger partial charge < -0.3 is 0 Å². The van der Waals surface area contributed by atoms with Crippen LogP contribution in [0.15, 0.2) is 6.07 Å². The first-order chi connectivity index (χ1) is 6.36. The molecule has 1 aromatic heterocycles. The summed E-state index contributed by atoms with van der Waals surface area (Å²) in [6.07, 6.45) is 1.15. The molecule has 1 unspecified atom stereocenters. The Morgan fingerprint density at radius 3 is 2.36 bits per heavy atom. The zero-order valence-corrected chi connectivity index (χ0v) is 10.3. The molecule has 1 atom stereocenters. The van der Waals surface area contributed by atoms with E-state index in [-0.39, 0.29) is 5.41 Å². The lowest BCUT2D eigenvalue weighted by atomic mass is 9.91. The molecule has 2 nitrogen and oxygen atoms in total. The molecule has 0 bridgehead atoms. The maximum atomic E-state index is 4.56. The van der Waals surface area contributed by atoms with E-state index in [2.05, 4.69) is 45.8 Å². The van der Waals surface area contributed by atoms with Gasteiger partial charge in [0, 0.05) is 18.2 Å². The van der Waals surface area contributed by atoms with E-state index in [1.807, 2.05) is 11.7 Å². The van der Waals surface area contributed by atoms with Gasteiger partial charge in [0.2, 0.25) is 0 Å². The first kappa shape index (κ1) is 11.3. The highest BCUT2D eigenvalue weighted by Crippen LogP contribution is 2.26. The van der Waals surface area contributed by atoms with Gasteiger partial charge in [0.05, 0.1) is 5.69 Å². The second kappa shape index (κ2) is 3.76. The number of hydrogen-bond acceptors (Lipinski definition) is 1. The molecule has 0 amide bonds. The summed E-state index contributed by atoms with van der Waals surface area (Å²) in [4.78, 5) is 0. The van der Waals surface area contributed by atoms with Crippen LogP contribution in [0.4, 0.5) is 0 Å². The Kier molecular flexibility index (Phi) is 3.03. The van der Waals surface area contributed by atoms with Crippen LogP contribution in [0.25, 0.3) is 0 Å². The number of hydrogen-bond donors (Lipinski definition) is 0. The van der Waals surface area contributed by atoms with Crippen molar-refractivity contribution in [3.63, 3.8) is 0 Å². The quantitative estimate of drug-likeness (QED) is 0.706. The van der Waals surface area contributed by atoms with Crippen LogP contribution in [0.5, 0.6) is 0 Å². The molecule has 0 N–H and O–H groups in total. The van der Waals surface area contributed by atoms with E-state index < -0.39 is 0 Å². The van der Waals surface area contributed by atoms with Gasteiger partial charge in [-0.05, 0) is 18.4 Å². The number of aromatic nitrogens is 2. The molecule has 0 aliphatic heterocycles. The van der Waals surface area contributed by atoms with E-state index >= 15 is 0 Å². The smallest absolute Gasteiger partial charge is 0.0655 e. The molecule has 0 saturated carbocycles. The van der Waals surface area contributed by atoms with Crippen molar-refractivity contribution in [2.24, 2.45) is 7.05 Å². The predicted octanol–water partition coefficient (Wildman–Crippen LogP) is 3.23. The van der Waals surface area contributed by atoms with Crippen molar-refractivity contribution < 1.29 is 0 Å². The van der Waals surface area contributed by atoms with Gasteiger partial charge in [-0.1, -0.05) is 34.6 Å². The molecular formula is C12H22N2. The maximum Gasteiger partial charge on any atom is 0.0655 e. The molecule has 1 heterocycles. The van der Waals surface area contributed by atoms with Crippen LogP contribution in [0.3, 0.4) is 0 Å². The second-order valence-corrected chi connectivity index (χ2v) is 5.14. The van der Waals surface area contributed by atoms with Crippen LogP contribution in [0.1, 0.15) is 58.3 Å². The summed E-state index contributed by atoms with van der Waals surface area (Å²) in [7, 11) is 2.03. The molecular weight excluding hydrogens is 172 g/mol. The Morgan fingerprint density at radius 1 is 1.43 bits per heavy atom. The van der Waals surface area contributed by atoms with E-state index in [0.717, 1.165) is 6.42 Å². The molecule has 0 saturated heterocycles. The van der Waals surface area contributed by atoms with Crippen molar-refractivity contribution >= 4 is 0 Å². The third-order valence-electron chi connectivity index (χ3n) is 2.78. The van der Waals surface area contributed by atoms with Gasteiger partial charge in [-0.25, -0.2) is 0 Å². The van der Waals surface area contributed by atoms with E-state index in [1.165, 1.54) is 11.4 Å². The van der Waals surface area contributed by atoms with Gasteiger partial charge in [0.1, 0.15) is 0 Å². The summed E-state index contributed by atoms with van der Waals surface area (Å²) in [5, 5.41) is 4.56. The highest BCUT2D eigenvalue weighted by atomic mass is 15.3. The number of nitrogens with zero attached hydrogens (tertiary/aromatic N) is 2. The summed E-state index contributed by atoms with van der Waals surface area (Å²) in [5.41, 5.74) is 2.72. The van der Waals surface area contributed by atoms with Crippen molar-refractivity contribution in [3.8, 4) is 0 Å². The minimum atomic E-state index is 0.188. The van der Waals surface area contributed by atoms with Crippen LogP contribution >= 0.6 is 0 Å². The highest BCUT2D eigenvalue weighted by molar-refractivity contribution is 5.19. The van der Waals surface area contributed by atoms with Crippen molar-refractivity contribution in [1.29, 1.82) is 0 Å². The molecule has 0 radical (unpaired) electrons. The lowest BCUT2D eigenvalue weighted by Gasteiger charge is -2.17. The topological polar surface area (TPSA) is 17.8 Å². The third-order valence-corrected chi connectivity index (χ3v) is 2.78. The van der Waals surface area contributed by atoms with Gasteiger partial charge in [0.25, 0.3) is 0 Å². The lowest BCUT2D eigenvalue weighted by molar-refractivity contribution is 0.521. The summed E-state index contributed by atoms with van der Waals surface area (Å²) in [6, 6.07) is 2.24. The standard InChI is InChI=1S/C12H22N2/c1-7-9(2)10-8-11(12(3,4)5)14(6)13-10/h8-9H,7H2,1-6H3. The zero-order chi connectivity index (χ0) is 10.9. The normalized spacial score (nSPS) is 14.4. The minimum absolute atomic E-state index is 0.188. The highest BCUT2D eigenvalue weighted by Gasteiger charge is 2.20. The molecule has 1 rings (SSSR count). The van der Waals surface area contributed by atoms with Crippen LogP contribution < -0.4 is 0 Å². The van der Waals surface area contributed by atoms with Crippen molar-refractivity contribution in [1.82, 2.24) is 9.78 Å². The minimum Gasteiger partial charge on any atom is -0.272 e. The zero-order valence-electron chi connectivity index (χ0n) is 10.3. The van der Waals surface area contributed by atoms with Crippen molar-refractivity contribution in [2.75, 3.05) is 0 Å². The third kappa shape index (κ3) is 2.17. The molecule has 14 heavy (non-hydrogen) atoms. The van der Waals surface area contributed by atoms with Gasteiger partial charge in [-0.15, -0.1) is 0 Å². The summed E-state index contributed by atoms with van der Waals surface area (Å²) >= 11 is 0. The second-order valence-electron chi connectivity index (χ2n) is 5.14. The van der Waals surface area contributed by atoms with Crippen LogP contribution in [-0.2, 0) is 12.5 Å². The molecule has 1 aromatic rings. The molecule has 0 aliphatic rings.